The van der Waals surface area contributed by atoms with Crippen LogP contribution in [0.25, 0.3) is 0 Å². The van der Waals surface area contributed by atoms with E-state index in [1.54, 1.807) is 5.57 Å². The van der Waals surface area contributed by atoms with E-state index in [1.165, 1.54) is 38.3 Å². The van der Waals surface area contributed by atoms with Gasteiger partial charge in [-0.2, -0.15) is 5.10 Å². The summed E-state index contributed by atoms with van der Waals surface area (Å²) in [4.78, 5) is 11.5. The summed E-state index contributed by atoms with van der Waals surface area (Å²) in [6.07, 6.45) is 11.7. The van der Waals surface area contributed by atoms with Crippen molar-refractivity contribution in [3.05, 3.63) is 40.4 Å². The maximum Gasteiger partial charge on any atom is 0.302 e. The lowest BCUT2D eigenvalue weighted by Crippen LogP contribution is -2.50. The van der Waals surface area contributed by atoms with Gasteiger partial charge in [0.15, 0.2) is 0 Å². The highest BCUT2D eigenvalue weighted by atomic mass is 79.9. The van der Waals surface area contributed by atoms with Crippen molar-refractivity contribution in [3.63, 3.8) is 0 Å². The number of anilines is 1. The lowest BCUT2D eigenvalue weighted by Gasteiger charge is -2.57. The molecule has 4 aliphatic carbocycles. The number of nitrogens with one attached hydrogen (secondary N) is 1. The largest absolute Gasteiger partial charge is 0.462 e. The van der Waals surface area contributed by atoms with E-state index < -0.39 is 0 Å². The molecule has 1 N–H and O–H groups in total. The molecule has 0 amide bonds. The average Bonchev–Trinajstić information content (AvgIpc) is 3.09. The Balaban J connectivity index is 1.34. The van der Waals surface area contributed by atoms with Crippen LogP contribution in [-0.4, -0.2) is 17.8 Å². The minimum atomic E-state index is -0.143. The molecule has 3 fully saturated rings. The molecule has 0 spiro atoms. The fraction of sp³-hybridized carbons (Fsp3) is 0.630. The zero-order chi connectivity index (χ0) is 22.5. The number of halogens is 1. The summed E-state index contributed by atoms with van der Waals surface area (Å²) in [6.45, 7) is 6.51. The maximum atomic E-state index is 11.5. The van der Waals surface area contributed by atoms with Crippen molar-refractivity contribution in [2.45, 2.75) is 78.2 Å². The second kappa shape index (κ2) is 8.30. The van der Waals surface area contributed by atoms with Gasteiger partial charge in [-0.15, -0.1) is 0 Å². The Hall–Kier alpha value is -1.62. The highest BCUT2D eigenvalue weighted by Gasteiger charge is 2.58. The van der Waals surface area contributed by atoms with Gasteiger partial charge >= 0.3 is 5.97 Å². The predicted molar refractivity (Wildman–Crippen MR) is 132 cm³/mol. The fourth-order valence-corrected chi connectivity index (χ4v) is 7.86. The highest BCUT2D eigenvalue weighted by Crippen LogP contribution is 2.64. The highest BCUT2D eigenvalue weighted by molar-refractivity contribution is 9.10. The van der Waals surface area contributed by atoms with Gasteiger partial charge in [0.25, 0.3) is 0 Å². The zero-order valence-corrected chi connectivity index (χ0v) is 21.1. The van der Waals surface area contributed by atoms with Gasteiger partial charge in [0.1, 0.15) is 6.10 Å². The van der Waals surface area contributed by atoms with Crippen LogP contribution in [0.1, 0.15) is 72.1 Å². The summed E-state index contributed by atoms with van der Waals surface area (Å²) in [5.74, 6) is 2.06. The Morgan fingerprint density at radius 1 is 1.09 bits per heavy atom. The van der Waals surface area contributed by atoms with Crippen LogP contribution in [-0.2, 0) is 9.53 Å². The van der Waals surface area contributed by atoms with Crippen LogP contribution < -0.4 is 5.43 Å². The molecule has 4 nitrogen and oxygen atoms in total. The van der Waals surface area contributed by atoms with Crippen LogP contribution in [0.15, 0.2) is 45.5 Å². The molecule has 32 heavy (non-hydrogen) atoms. The molecule has 0 bridgehead atoms. The molecule has 0 heterocycles. The molecular formula is C27H35BrN2O2. The van der Waals surface area contributed by atoms with Crippen molar-refractivity contribution < 1.29 is 9.53 Å². The maximum absolute atomic E-state index is 11.5. The molecule has 0 radical (unpaired) electrons. The van der Waals surface area contributed by atoms with Crippen LogP contribution in [0.3, 0.4) is 0 Å². The van der Waals surface area contributed by atoms with Gasteiger partial charge in [-0.05, 0) is 92.4 Å². The van der Waals surface area contributed by atoms with E-state index in [0.29, 0.717) is 5.92 Å². The van der Waals surface area contributed by atoms with E-state index in [4.69, 9.17) is 9.84 Å². The minimum Gasteiger partial charge on any atom is -0.462 e. The first kappa shape index (κ1) is 22.2. The van der Waals surface area contributed by atoms with Gasteiger partial charge in [-0.25, -0.2) is 0 Å². The van der Waals surface area contributed by atoms with Crippen molar-refractivity contribution >= 4 is 33.3 Å². The zero-order valence-electron chi connectivity index (χ0n) is 19.5. The Labute approximate surface area is 200 Å². The number of hydrazone groups is 1. The number of carbonyl (C=O) groups excluding carboxylic acids is 1. The molecule has 0 saturated heterocycles. The lowest BCUT2D eigenvalue weighted by atomic mass is 9.48. The monoisotopic (exact) mass is 498 g/mol. The molecule has 1 aromatic carbocycles. The first-order valence-electron chi connectivity index (χ1n) is 12.2. The molecule has 6 unspecified atom stereocenters. The summed E-state index contributed by atoms with van der Waals surface area (Å²) in [5, 5.41) is 4.94. The smallest absolute Gasteiger partial charge is 0.302 e. The van der Waals surface area contributed by atoms with Gasteiger partial charge in [-0.3, -0.25) is 10.2 Å². The molecule has 4 aliphatic rings. The van der Waals surface area contributed by atoms with E-state index in [0.717, 1.165) is 47.7 Å². The Kier molecular flexibility index (Phi) is 5.76. The van der Waals surface area contributed by atoms with Crippen LogP contribution in [0.2, 0.25) is 0 Å². The number of hydrogen-bond donors (Lipinski definition) is 1. The number of benzene rings is 1. The second-order valence-electron chi connectivity index (χ2n) is 10.9. The van der Waals surface area contributed by atoms with E-state index in [-0.39, 0.29) is 22.9 Å². The number of rotatable bonds is 3. The Bertz CT molecular complexity index is 955. The van der Waals surface area contributed by atoms with E-state index in [9.17, 15) is 4.79 Å². The van der Waals surface area contributed by atoms with Gasteiger partial charge < -0.3 is 4.74 Å². The van der Waals surface area contributed by atoms with Gasteiger partial charge in [0, 0.05) is 28.9 Å². The number of esters is 1. The van der Waals surface area contributed by atoms with Crippen molar-refractivity contribution in [2.75, 3.05) is 5.43 Å². The van der Waals surface area contributed by atoms with E-state index in [2.05, 4.69) is 65.5 Å². The minimum absolute atomic E-state index is 0.0760. The quantitative estimate of drug-likeness (QED) is 0.274. The summed E-state index contributed by atoms with van der Waals surface area (Å²) < 4.78 is 6.67. The molecule has 172 valence electrons. The number of allylic oxidation sites excluding steroid dienone is 1. The Morgan fingerprint density at radius 3 is 2.56 bits per heavy atom. The van der Waals surface area contributed by atoms with Crippen LogP contribution in [0.5, 0.6) is 0 Å². The first-order chi connectivity index (χ1) is 15.3. The number of ether oxygens (including phenoxy) is 1. The van der Waals surface area contributed by atoms with Gasteiger partial charge in [0.05, 0.1) is 5.69 Å². The van der Waals surface area contributed by atoms with E-state index in [1.807, 2.05) is 0 Å². The topological polar surface area (TPSA) is 50.7 Å². The lowest BCUT2D eigenvalue weighted by molar-refractivity contribution is -0.148. The number of hydrogen-bond acceptors (Lipinski definition) is 4. The molecule has 3 saturated carbocycles. The summed E-state index contributed by atoms with van der Waals surface area (Å²) >= 11 is 3.50. The van der Waals surface area contributed by atoms with E-state index >= 15 is 0 Å². The van der Waals surface area contributed by atoms with Crippen LogP contribution in [0, 0.1) is 28.6 Å². The summed E-state index contributed by atoms with van der Waals surface area (Å²) in [6, 6.07) is 8.24. The third-order valence-corrected chi connectivity index (χ3v) is 9.83. The summed E-state index contributed by atoms with van der Waals surface area (Å²) in [5.41, 5.74) is 7.78. The third kappa shape index (κ3) is 3.74. The van der Waals surface area contributed by atoms with Gasteiger partial charge in [0.2, 0.25) is 0 Å². The fourth-order valence-electron chi connectivity index (χ4n) is 7.59. The Morgan fingerprint density at radius 2 is 1.81 bits per heavy atom. The first-order valence-corrected chi connectivity index (χ1v) is 13.0. The number of nitrogens with zero attached hydrogens (tertiary/aromatic N) is 1. The molecule has 0 aromatic heterocycles. The average molecular weight is 499 g/mol. The van der Waals surface area contributed by atoms with Crippen molar-refractivity contribution in [1.82, 2.24) is 0 Å². The van der Waals surface area contributed by atoms with Crippen molar-refractivity contribution in [3.8, 4) is 0 Å². The summed E-state index contributed by atoms with van der Waals surface area (Å²) in [7, 11) is 0. The predicted octanol–water partition coefficient (Wildman–Crippen LogP) is 7.11. The molecule has 5 heteroatoms. The number of carbonyl (C=O) groups is 1. The number of fused-ring (bicyclic) bond motifs is 5. The van der Waals surface area contributed by atoms with Crippen LogP contribution in [0.4, 0.5) is 5.69 Å². The molecule has 6 atom stereocenters. The molecular weight excluding hydrogens is 464 g/mol. The molecule has 0 aliphatic heterocycles. The van der Waals surface area contributed by atoms with Crippen molar-refractivity contribution in [1.29, 1.82) is 0 Å². The van der Waals surface area contributed by atoms with Crippen molar-refractivity contribution in [2.24, 2.45) is 33.7 Å². The van der Waals surface area contributed by atoms with Crippen LogP contribution >= 0.6 is 15.9 Å². The third-order valence-electron chi connectivity index (χ3n) is 9.30. The SMILES string of the molecule is CC(=O)OC1CCC2(C)C(=CCC3C2CCC2(C)/C(=N/Nc4ccc(Br)cc4)CCC32)C1. The van der Waals surface area contributed by atoms with Gasteiger partial charge in [-0.1, -0.05) is 41.4 Å². The standard InChI is InChI=1S/C27H35BrN2O2/c1-17(31)32-21-12-14-26(2)18(16-21)4-9-22-23-10-11-25(27(23,3)15-13-24(22)26)30-29-20-7-5-19(28)6-8-20/h4-8,21-24,29H,9-16H2,1-3H3/b30-25+. The molecule has 5 rings (SSSR count). The molecule has 1 aromatic rings. The second-order valence-corrected chi connectivity index (χ2v) is 11.8. The normalized spacial score (nSPS) is 39.5.